The number of esters is 1. The Morgan fingerprint density at radius 2 is 1.68 bits per heavy atom. The molecule has 0 aliphatic heterocycles. The van der Waals surface area contributed by atoms with E-state index in [-0.39, 0.29) is 18.1 Å². The van der Waals surface area contributed by atoms with Gasteiger partial charge in [0.05, 0.1) is 6.04 Å². The van der Waals surface area contributed by atoms with E-state index in [1.807, 2.05) is 24.3 Å². The maximum Gasteiger partial charge on any atom is 0.308 e. The van der Waals surface area contributed by atoms with E-state index in [1.54, 1.807) is 24.3 Å². The van der Waals surface area contributed by atoms with Crippen molar-refractivity contribution in [3.63, 3.8) is 0 Å². The van der Waals surface area contributed by atoms with Gasteiger partial charge < -0.3 is 10.1 Å². The highest BCUT2D eigenvalue weighted by atomic mass is 79.9. The minimum Gasteiger partial charge on any atom is -0.427 e. The Hall–Kier alpha value is -2.47. The number of halogens is 1. The molecule has 5 nitrogen and oxygen atoms in total. The smallest absolute Gasteiger partial charge is 0.308 e. The summed E-state index contributed by atoms with van der Waals surface area (Å²) < 4.78 is 5.78. The van der Waals surface area contributed by atoms with Crippen molar-refractivity contribution in [3.8, 4) is 5.75 Å². The van der Waals surface area contributed by atoms with Gasteiger partial charge in [-0.15, -0.1) is 0 Å². The van der Waals surface area contributed by atoms with Crippen LogP contribution in [0.25, 0.3) is 0 Å². The molecule has 2 aromatic rings. The molecule has 25 heavy (non-hydrogen) atoms. The summed E-state index contributed by atoms with van der Waals surface area (Å²) in [5.41, 5.74) is 1.32. The van der Waals surface area contributed by atoms with E-state index in [1.165, 1.54) is 13.8 Å². The molecule has 1 N–H and O–H groups in total. The largest absolute Gasteiger partial charge is 0.427 e. The second-order valence-electron chi connectivity index (χ2n) is 5.52. The first-order chi connectivity index (χ1) is 11.9. The molecule has 2 rings (SSSR count). The molecule has 0 fully saturated rings. The lowest BCUT2D eigenvalue weighted by Gasteiger charge is -2.19. The molecule has 0 saturated heterocycles. The highest BCUT2D eigenvalue weighted by Gasteiger charge is 2.20. The number of rotatable bonds is 6. The van der Waals surface area contributed by atoms with E-state index in [2.05, 4.69) is 21.2 Å². The number of ketones is 1. The molecule has 0 heterocycles. The molecule has 0 aromatic heterocycles. The van der Waals surface area contributed by atoms with Gasteiger partial charge in [-0.05, 0) is 35.9 Å². The van der Waals surface area contributed by atoms with Crippen LogP contribution < -0.4 is 10.1 Å². The van der Waals surface area contributed by atoms with E-state index < -0.39 is 12.0 Å². The number of amides is 1. The molecule has 2 aromatic carbocycles. The second kappa shape index (κ2) is 8.58. The molecule has 0 bridgehead atoms. The zero-order valence-corrected chi connectivity index (χ0v) is 15.5. The van der Waals surface area contributed by atoms with E-state index >= 15 is 0 Å². The number of ether oxygens (including phenoxy) is 1. The van der Waals surface area contributed by atoms with Gasteiger partial charge in [0.25, 0.3) is 0 Å². The first-order valence-corrected chi connectivity index (χ1v) is 8.49. The highest BCUT2D eigenvalue weighted by Crippen LogP contribution is 2.27. The molecule has 0 saturated carbocycles. The molecule has 1 unspecified atom stereocenters. The Morgan fingerprint density at radius 3 is 2.24 bits per heavy atom. The molecule has 0 spiro atoms. The molecule has 1 atom stereocenters. The molecule has 0 aliphatic carbocycles. The van der Waals surface area contributed by atoms with Crippen LogP contribution in [0.1, 0.15) is 42.2 Å². The van der Waals surface area contributed by atoms with Crippen molar-refractivity contribution in [3.05, 3.63) is 64.1 Å². The fraction of sp³-hybridized carbons (Fsp3) is 0.211. The number of nitrogens with one attached hydrogen (secondary N) is 1. The van der Waals surface area contributed by atoms with Crippen molar-refractivity contribution in [2.45, 2.75) is 26.3 Å². The van der Waals surface area contributed by atoms with Crippen LogP contribution in [0.15, 0.2) is 53.0 Å². The molecule has 0 radical (unpaired) electrons. The average molecular weight is 404 g/mol. The van der Waals surface area contributed by atoms with Crippen molar-refractivity contribution < 1.29 is 19.1 Å². The predicted octanol–water partition coefficient (Wildman–Crippen LogP) is 3.82. The topological polar surface area (TPSA) is 72.5 Å². The molecule has 1 amide bonds. The Kier molecular flexibility index (Phi) is 6.47. The predicted molar refractivity (Wildman–Crippen MR) is 97.4 cm³/mol. The second-order valence-corrected chi connectivity index (χ2v) is 6.37. The maximum absolute atomic E-state index is 12.6. The van der Waals surface area contributed by atoms with Crippen molar-refractivity contribution in [2.24, 2.45) is 0 Å². The Bertz CT molecular complexity index is 786. The monoisotopic (exact) mass is 403 g/mol. The Balaban J connectivity index is 2.18. The van der Waals surface area contributed by atoms with Gasteiger partial charge in [-0.3, -0.25) is 14.4 Å². The van der Waals surface area contributed by atoms with Gasteiger partial charge in [-0.1, -0.05) is 34.1 Å². The van der Waals surface area contributed by atoms with Crippen LogP contribution in [0.4, 0.5) is 0 Å². The van der Waals surface area contributed by atoms with Crippen LogP contribution in [-0.2, 0) is 9.59 Å². The minimum absolute atomic E-state index is 0.120. The Labute approximate surface area is 154 Å². The van der Waals surface area contributed by atoms with Crippen LogP contribution >= 0.6 is 15.9 Å². The summed E-state index contributed by atoms with van der Waals surface area (Å²) in [4.78, 5) is 35.0. The van der Waals surface area contributed by atoms with Crippen LogP contribution in [-0.4, -0.2) is 17.7 Å². The summed E-state index contributed by atoms with van der Waals surface area (Å²) in [6, 6.07) is 13.4. The normalized spacial score (nSPS) is 11.5. The Morgan fingerprint density at radius 1 is 1.04 bits per heavy atom. The van der Waals surface area contributed by atoms with Crippen molar-refractivity contribution in [2.75, 3.05) is 0 Å². The first kappa shape index (κ1) is 18.9. The molecule has 130 valence electrons. The number of Topliss-reactive ketones (excluding diaryl/α,β-unsaturated/α-hetero) is 1. The minimum atomic E-state index is -0.436. The summed E-state index contributed by atoms with van der Waals surface area (Å²) in [7, 11) is 0. The highest BCUT2D eigenvalue weighted by molar-refractivity contribution is 9.10. The molecular formula is C19H18BrNO4. The van der Waals surface area contributed by atoms with Gasteiger partial charge in [0.15, 0.2) is 5.78 Å². The third-order valence-corrected chi connectivity index (χ3v) is 4.21. The van der Waals surface area contributed by atoms with E-state index in [4.69, 9.17) is 4.74 Å². The SMILES string of the molecule is CC(=O)NC(CC(=O)c1ccc(OC(C)=O)cc1)c1ccccc1Br. The standard InChI is InChI=1S/C19H18BrNO4/c1-12(22)21-18(16-5-3-4-6-17(16)20)11-19(24)14-7-9-15(10-8-14)25-13(2)23/h3-10,18H,11H2,1-2H3,(H,21,22). The van der Waals surface area contributed by atoms with Gasteiger partial charge in [0.2, 0.25) is 5.91 Å². The van der Waals surface area contributed by atoms with Crippen molar-refractivity contribution in [1.29, 1.82) is 0 Å². The summed E-state index contributed by atoms with van der Waals surface area (Å²) in [5, 5.41) is 2.82. The van der Waals surface area contributed by atoms with Crippen LogP contribution in [0, 0.1) is 0 Å². The first-order valence-electron chi connectivity index (χ1n) is 7.70. The zero-order valence-electron chi connectivity index (χ0n) is 13.9. The van der Waals surface area contributed by atoms with Gasteiger partial charge >= 0.3 is 5.97 Å². The third kappa shape index (κ3) is 5.53. The van der Waals surface area contributed by atoms with Gasteiger partial charge in [0, 0.05) is 30.3 Å². The number of carbonyl (C=O) groups excluding carboxylic acids is 3. The lowest BCUT2D eigenvalue weighted by atomic mass is 9.97. The lowest BCUT2D eigenvalue weighted by molar-refractivity contribution is -0.131. The summed E-state index contributed by atoms with van der Waals surface area (Å²) in [6.07, 6.45) is 0.120. The fourth-order valence-electron chi connectivity index (χ4n) is 2.42. The van der Waals surface area contributed by atoms with Crippen molar-refractivity contribution >= 4 is 33.6 Å². The summed E-state index contributed by atoms with van der Waals surface area (Å²) in [5.74, 6) is -0.366. The van der Waals surface area contributed by atoms with E-state index in [0.29, 0.717) is 11.3 Å². The quantitative estimate of drug-likeness (QED) is 0.451. The average Bonchev–Trinajstić information content (AvgIpc) is 2.54. The van der Waals surface area contributed by atoms with Crippen LogP contribution in [0.2, 0.25) is 0 Å². The molecule has 6 heteroatoms. The van der Waals surface area contributed by atoms with Gasteiger partial charge in [0.1, 0.15) is 5.75 Å². The van der Waals surface area contributed by atoms with Gasteiger partial charge in [-0.2, -0.15) is 0 Å². The van der Waals surface area contributed by atoms with Crippen LogP contribution in [0.5, 0.6) is 5.75 Å². The number of hydrogen-bond donors (Lipinski definition) is 1. The maximum atomic E-state index is 12.6. The fourth-order valence-corrected chi connectivity index (χ4v) is 2.98. The van der Waals surface area contributed by atoms with Gasteiger partial charge in [-0.25, -0.2) is 0 Å². The molecular weight excluding hydrogens is 386 g/mol. The summed E-state index contributed by atoms with van der Waals surface area (Å²) in [6.45, 7) is 2.73. The van der Waals surface area contributed by atoms with E-state index in [9.17, 15) is 14.4 Å². The number of hydrogen-bond acceptors (Lipinski definition) is 4. The van der Waals surface area contributed by atoms with E-state index in [0.717, 1.165) is 10.0 Å². The third-order valence-electron chi connectivity index (χ3n) is 3.49. The molecule has 0 aliphatic rings. The number of carbonyl (C=O) groups is 3. The zero-order chi connectivity index (χ0) is 18.4. The lowest BCUT2D eigenvalue weighted by Crippen LogP contribution is -2.28. The van der Waals surface area contributed by atoms with Crippen LogP contribution in [0.3, 0.4) is 0 Å². The summed E-state index contributed by atoms with van der Waals surface area (Å²) >= 11 is 3.45. The van der Waals surface area contributed by atoms with Crippen molar-refractivity contribution in [1.82, 2.24) is 5.32 Å². The number of benzene rings is 2.